The van der Waals surface area contributed by atoms with Gasteiger partial charge in [0, 0.05) is 11.8 Å². The van der Waals surface area contributed by atoms with Crippen molar-refractivity contribution >= 4 is 5.78 Å². The van der Waals surface area contributed by atoms with Gasteiger partial charge in [0.15, 0.2) is 11.4 Å². The molecule has 3 heteroatoms. The summed E-state index contributed by atoms with van der Waals surface area (Å²) in [5, 5.41) is 19.9. The van der Waals surface area contributed by atoms with Crippen molar-refractivity contribution in [2.45, 2.75) is 53.1 Å². The molecule has 1 rings (SSSR count). The molecule has 0 radical (unpaired) electrons. The van der Waals surface area contributed by atoms with Crippen LogP contribution in [0, 0.1) is 17.3 Å². The molecule has 0 saturated carbocycles. The van der Waals surface area contributed by atoms with E-state index in [0.717, 1.165) is 0 Å². The lowest BCUT2D eigenvalue weighted by molar-refractivity contribution is -0.122. The number of carbonyl (C=O) groups excluding carboxylic acids is 1. The van der Waals surface area contributed by atoms with Gasteiger partial charge in [0.1, 0.15) is 0 Å². The summed E-state index contributed by atoms with van der Waals surface area (Å²) in [7, 11) is 0. The third-order valence-corrected chi connectivity index (χ3v) is 4.11. The lowest BCUT2D eigenvalue weighted by Crippen LogP contribution is -2.49. The molecule has 1 aliphatic rings. The summed E-state index contributed by atoms with van der Waals surface area (Å²) in [6, 6.07) is 0. The Morgan fingerprint density at radius 2 is 2.05 bits per heavy atom. The second-order valence-corrected chi connectivity index (χ2v) is 5.97. The van der Waals surface area contributed by atoms with Crippen molar-refractivity contribution in [3.63, 3.8) is 0 Å². The summed E-state index contributed by atoms with van der Waals surface area (Å²) >= 11 is 0. The Morgan fingerprint density at radius 1 is 1.45 bits per heavy atom. The highest BCUT2D eigenvalue weighted by Crippen LogP contribution is 2.45. The summed E-state index contributed by atoms with van der Waals surface area (Å²) in [5.41, 5.74) is 0.116. The second-order valence-electron chi connectivity index (χ2n) is 5.97. The number of carbonyl (C=O) groups is 1. The van der Waals surface area contributed by atoms with Gasteiger partial charge in [0.25, 0.3) is 0 Å². The van der Waals surface area contributed by atoms with E-state index in [1.54, 1.807) is 19.9 Å². The highest BCUT2D eigenvalue weighted by Gasteiger charge is 2.49. The first-order valence-corrected chi connectivity index (χ1v) is 6.96. The normalized spacial score (nSPS) is 26.4. The predicted octanol–water partition coefficient (Wildman–Crippen LogP) is 2.39. The quantitative estimate of drug-likeness (QED) is 0.761. The van der Waals surface area contributed by atoms with Crippen LogP contribution in [0.5, 0.6) is 0 Å². The zero-order valence-corrected chi connectivity index (χ0v) is 13.0. The molecule has 3 nitrogen and oxygen atoms in total. The van der Waals surface area contributed by atoms with Crippen molar-refractivity contribution in [2.75, 3.05) is 6.61 Å². The van der Waals surface area contributed by atoms with E-state index >= 15 is 0 Å². The highest BCUT2D eigenvalue weighted by molar-refractivity contribution is 5.98. The van der Waals surface area contributed by atoms with Crippen LogP contribution < -0.4 is 0 Å². The van der Waals surface area contributed by atoms with Gasteiger partial charge in [-0.2, -0.15) is 0 Å². The number of allylic oxidation sites excluding steroid dienone is 2. The summed E-state index contributed by atoms with van der Waals surface area (Å²) in [5.74, 6) is 5.92. The van der Waals surface area contributed by atoms with Crippen LogP contribution in [-0.2, 0) is 4.79 Å². The minimum Gasteiger partial charge on any atom is -0.392 e. The predicted molar refractivity (Wildman–Crippen MR) is 80.0 cm³/mol. The van der Waals surface area contributed by atoms with Gasteiger partial charge in [-0.3, -0.25) is 4.79 Å². The topological polar surface area (TPSA) is 57.5 Å². The molecule has 0 amide bonds. The van der Waals surface area contributed by atoms with Gasteiger partial charge in [-0.15, -0.1) is 0 Å². The SMILES string of the molecule is CCC1=C(C)C(O)(C#C/C(C)=C\CO)C(C)(C)CC1=O. The zero-order valence-electron chi connectivity index (χ0n) is 13.0. The molecule has 0 saturated heterocycles. The Labute approximate surface area is 121 Å². The second kappa shape index (κ2) is 5.95. The number of ketones is 1. The van der Waals surface area contributed by atoms with Gasteiger partial charge < -0.3 is 10.2 Å². The molecule has 0 heterocycles. The molecule has 0 bridgehead atoms. The van der Waals surface area contributed by atoms with Gasteiger partial charge in [0.2, 0.25) is 0 Å². The first kappa shape index (κ1) is 16.7. The summed E-state index contributed by atoms with van der Waals surface area (Å²) in [6.07, 6.45) is 2.49. The molecule has 1 unspecified atom stereocenters. The first-order valence-electron chi connectivity index (χ1n) is 6.96. The van der Waals surface area contributed by atoms with Crippen LogP contribution in [0.4, 0.5) is 0 Å². The van der Waals surface area contributed by atoms with Crippen molar-refractivity contribution in [3.8, 4) is 11.8 Å². The molecular weight excluding hydrogens is 252 g/mol. The van der Waals surface area contributed by atoms with Crippen LogP contribution in [0.1, 0.15) is 47.5 Å². The summed E-state index contributed by atoms with van der Waals surface area (Å²) < 4.78 is 0. The fraction of sp³-hybridized carbons (Fsp3) is 0.588. The average Bonchev–Trinajstić information content (AvgIpc) is 2.34. The lowest BCUT2D eigenvalue weighted by atomic mass is 9.62. The summed E-state index contributed by atoms with van der Waals surface area (Å²) in [4.78, 5) is 12.1. The van der Waals surface area contributed by atoms with Crippen molar-refractivity contribution < 1.29 is 15.0 Å². The zero-order chi connectivity index (χ0) is 15.6. The van der Waals surface area contributed by atoms with E-state index in [2.05, 4.69) is 11.8 Å². The maximum absolute atomic E-state index is 12.1. The largest absolute Gasteiger partial charge is 0.392 e. The Bertz CT molecular complexity index is 526. The number of aliphatic hydroxyl groups is 2. The Kier molecular flexibility index (Phi) is 4.96. The maximum Gasteiger partial charge on any atom is 0.159 e. The Balaban J connectivity index is 3.39. The molecular formula is C17H24O3. The van der Waals surface area contributed by atoms with Crippen molar-refractivity contribution in [1.29, 1.82) is 0 Å². The van der Waals surface area contributed by atoms with Gasteiger partial charge in [-0.1, -0.05) is 32.6 Å². The van der Waals surface area contributed by atoms with Crippen LogP contribution >= 0.6 is 0 Å². The van der Waals surface area contributed by atoms with E-state index in [0.29, 0.717) is 29.6 Å². The van der Waals surface area contributed by atoms with E-state index in [1.165, 1.54) is 0 Å². The molecule has 110 valence electrons. The fourth-order valence-electron chi connectivity index (χ4n) is 2.67. The van der Waals surface area contributed by atoms with Crippen molar-refractivity contribution in [1.82, 2.24) is 0 Å². The molecule has 0 spiro atoms. The number of rotatable bonds is 2. The summed E-state index contributed by atoms with van der Waals surface area (Å²) in [6.45, 7) is 9.14. The Morgan fingerprint density at radius 3 is 2.55 bits per heavy atom. The number of aliphatic hydroxyl groups excluding tert-OH is 1. The smallest absolute Gasteiger partial charge is 0.159 e. The average molecular weight is 276 g/mol. The maximum atomic E-state index is 12.1. The van der Waals surface area contributed by atoms with E-state index in [9.17, 15) is 9.90 Å². The van der Waals surface area contributed by atoms with Gasteiger partial charge in [-0.25, -0.2) is 0 Å². The van der Waals surface area contributed by atoms with Crippen LogP contribution in [0.2, 0.25) is 0 Å². The fourth-order valence-corrected chi connectivity index (χ4v) is 2.67. The number of hydrogen-bond donors (Lipinski definition) is 2. The van der Waals surface area contributed by atoms with E-state index < -0.39 is 11.0 Å². The lowest BCUT2D eigenvalue weighted by Gasteiger charge is -2.44. The van der Waals surface area contributed by atoms with Crippen molar-refractivity contribution in [3.05, 3.63) is 22.8 Å². The molecule has 0 aromatic rings. The number of Topliss-reactive ketones (excluding diaryl/α,β-unsaturated/α-hetero) is 1. The van der Waals surface area contributed by atoms with E-state index in [-0.39, 0.29) is 12.4 Å². The van der Waals surface area contributed by atoms with Crippen LogP contribution in [0.3, 0.4) is 0 Å². The molecule has 1 aliphatic carbocycles. The molecule has 0 aliphatic heterocycles. The standard InChI is InChI=1S/C17H24O3/c1-6-14-13(3)17(20,9-7-12(2)8-10-18)16(4,5)11-15(14)19/h8,18,20H,6,10-11H2,1-5H3/b12-8-. The third-order valence-electron chi connectivity index (χ3n) is 4.11. The van der Waals surface area contributed by atoms with Gasteiger partial charge in [0.05, 0.1) is 6.61 Å². The first-order chi connectivity index (χ1) is 9.19. The minimum atomic E-state index is -1.31. The molecule has 20 heavy (non-hydrogen) atoms. The van der Waals surface area contributed by atoms with Crippen LogP contribution in [0.15, 0.2) is 22.8 Å². The molecule has 0 fully saturated rings. The molecule has 1 atom stereocenters. The Hall–Kier alpha value is -1.37. The monoisotopic (exact) mass is 276 g/mol. The number of hydrogen-bond acceptors (Lipinski definition) is 3. The van der Waals surface area contributed by atoms with Crippen LogP contribution in [-0.4, -0.2) is 28.2 Å². The molecule has 0 aromatic heterocycles. The minimum absolute atomic E-state index is 0.0736. The highest BCUT2D eigenvalue weighted by atomic mass is 16.3. The van der Waals surface area contributed by atoms with E-state index in [4.69, 9.17) is 5.11 Å². The molecule has 0 aromatic carbocycles. The van der Waals surface area contributed by atoms with Gasteiger partial charge >= 0.3 is 0 Å². The van der Waals surface area contributed by atoms with E-state index in [1.807, 2.05) is 20.8 Å². The van der Waals surface area contributed by atoms with Gasteiger partial charge in [-0.05, 0) is 43.1 Å². The van der Waals surface area contributed by atoms with Crippen molar-refractivity contribution in [2.24, 2.45) is 5.41 Å². The van der Waals surface area contributed by atoms with Crippen LogP contribution in [0.25, 0.3) is 0 Å². The third kappa shape index (κ3) is 2.87. The molecule has 2 N–H and O–H groups in total.